The van der Waals surface area contributed by atoms with Gasteiger partial charge >= 0.3 is 5.92 Å². The molecule has 1 aliphatic heterocycles. The van der Waals surface area contributed by atoms with E-state index in [-0.39, 0.29) is 30.3 Å². The van der Waals surface area contributed by atoms with E-state index in [1.807, 2.05) is 12.4 Å². The number of carbonyl (C=O) groups is 4. The second-order valence-electron chi connectivity index (χ2n) is 10.1. The zero-order chi connectivity index (χ0) is 31.0. The van der Waals surface area contributed by atoms with E-state index in [4.69, 9.17) is 4.74 Å². The van der Waals surface area contributed by atoms with Crippen molar-refractivity contribution in [2.24, 2.45) is 0 Å². The molecule has 1 fully saturated rings. The van der Waals surface area contributed by atoms with E-state index in [2.05, 4.69) is 15.5 Å². The van der Waals surface area contributed by atoms with Gasteiger partial charge in [0.1, 0.15) is 23.7 Å². The van der Waals surface area contributed by atoms with Gasteiger partial charge in [0.05, 0.1) is 12.8 Å². The standard InChI is InChI=1S/C29H36F3N5O5/c1-5-25(38)34-24(27(40)37-14-12-36(3)13-15-37)17-19-6-11-23(22(30)16-19)35-26(39)18(2)33-28(41)29(31,32)20-7-9-21(42-4)10-8-20/h6-11,16,18,24H,5,12-15,17H2,1-4H3,(H,33,41)(H,34,38)(H,35,39)/t18-,24+/m0/s1. The number of benzene rings is 2. The first kappa shape index (κ1) is 32.4. The number of piperazine rings is 1. The van der Waals surface area contributed by atoms with Crippen LogP contribution in [0.5, 0.6) is 5.75 Å². The summed E-state index contributed by atoms with van der Waals surface area (Å²) in [5, 5.41) is 6.95. The first-order valence-corrected chi connectivity index (χ1v) is 13.5. The summed E-state index contributed by atoms with van der Waals surface area (Å²) in [5.41, 5.74) is -0.434. The van der Waals surface area contributed by atoms with Gasteiger partial charge in [0.2, 0.25) is 17.7 Å². The van der Waals surface area contributed by atoms with Crippen LogP contribution in [-0.4, -0.2) is 85.8 Å². The third-order valence-corrected chi connectivity index (χ3v) is 6.98. The zero-order valence-electron chi connectivity index (χ0n) is 24.0. The smallest absolute Gasteiger partial charge is 0.349 e. The molecule has 0 aromatic heterocycles. The Labute approximate surface area is 242 Å². The normalized spacial score (nSPS) is 15.4. The highest BCUT2D eigenvalue weighted by molar-refractivity contribution is 5.98. The zero-order valence-corrected chi connectivity index (χ0v) is 24.0. The number of likely N-dealkylation sites (N-methyl/N-ethyl adjacent to an activating group) is 1. The lowest BCUT2D eigenvalue weighted by atomic mass is 10.0. The van der Waals surface area contributed by atoms with Crippen molar-refractivity contribution in [1.82, 2.24) is 20.4 Å². The lowest BCUT2D eigenvalue weighted by Gasteiger charge is -2.34. The van der Waals surface area contributed by atoms with Gasteiger partial charge in [-0.15, -0.1) is 0 Å². The van der Waals surface area contributed by atoms with Gasteiger partial charge < -0.3 is 30.5 Å². The van der Waals surface area contributed by atoms with Crippen molar-refractivity contribution < 1.29 is 37.1 Å². The molecule has 0 radical (unpaired) electrons. The van der Waals surface area contributed by atoms with E-state index in [0.717, 1.165) is 18.2 Å². The van der Waals surface area contributed by atoms with Crippen molar-refractivity contribution in [2.75, 3.05) is 45.7 Å². The maximum absolute atomic E-state index is 15.0. The van der Waals surface area contributed by atoms with Crippen LogP contribution in [0.25, 0.3) is 0 Å². The Morgan fingerprint density at radius 3 is 2.21 bits per heavy atom. The van der Waals surface area contributed by atoms with Gasteiger partial charge in [0, 0.05) is 44.6 Å². The Morgan fingerprint density at radius 1 is 1.00 bits per heavy atom. The van der Waals surface area contributed by atoms with Crippen LogP contribution >= 0.6 is 0 Å². The van der Waals surface area contributed by atoms with Crippen LogP contribution in [0.3, 0.4) is 0 Å². The van der Waals surface area contributed by atoms with Crippen molar-refractivity contribution in [2.45, 2.75) is 44.7 Å². The fraction of sp³-hybridized carbons (Fsp3) is 0.448. The molecule has 2 aromatic carbocycles. The Balaban J connectivity index is 1.64. The maximum Gasteiger partial charge on any atom is 0.349 e. The van der Waals surface area contributed by atoms with Crippen molar-refractivity contribution in [1.29, 1.82) is 0 Å². The molecule has 1 aliphatic rings. The fourth-order valence-electron chi connectivity index (χ4n) is 4.29. The molecule has 0 spiro atoms. The lowest BCUT2D eigenvalue weighted by molar-refractivity contribution is -0.148. The molecule has 0 bridgehead atoms. The molecule has 2 atom stereocenters. The molecule has 13 heteroatoms. The fourth-order valence-corrected chi connectivity index (χ4v) is 4.29. The predicted octanol–water partition coefficient (Wildman–Crippen LogP) is 2.28. The average molecular weight is 592 g/mol. The second-order valence-corrected chi connectivity index (χ2v) is 10.1. The molecule has 0 saturated carbocycles. The molecule has 2 aromatic rings. The summed E-state index contributed by atoms with van der Waals surface area (Å²) < 4.78 is 49.2. The number of nitrogens with zero attached hydrogens (tertiary/aromatic N) is 2. The molecule has 3 rings (SSSR count). The van der Waals surface area contributed by atoms with Gasteiger partial charge in [-0.05, 0) is 55.9 Å². The number of hydrogen-bond acceptors (Lipinski definition) is 6. The van der Waals surface area contributed by atoms with Gasteiger partial charge in [-0.25, -0.2) is 4.39 Å². The quantitative estimate of drug-likeness (QED) is 0.369. The van der Waals surface area contributed by atoms with Crippen LogP contribution in [0.1, 0.15) is 31.4 Å². The minimum Gasteiger partial charge on any atom is -0.497 e. The highest BCUT2D eigenvalue weighted by Crippen LogP contribution is 2.30. The lowest BCUT2D eigenvalue weighted by Crippen LogP contribution is -2.54. The molecule has 3 N–H and O–H groups in total. The highest BCUT2D eigenvalue weighted by atomic mass is 19.3. The van der Waals surface area contributed by atoms with E-state index in [1.54, 1.807) is 11.8 Å². The first-order chi connectivity index (χ1) is 19.8. The SMILES string of the molecule is CCC(=O)N[C@H](Cc1ccc(NC(=O)[C@H](C)NC(=O)C(F)(F)c2ccc(OC)cc2)c(F)c1)C(=O)N1CCN(C)CC1. The van der Waals surface area contributed by atoms with Gasteiger partial charge in [0.25, 0.3) is 5.91 Å². The van der Waals surface area contributed by atoms with Crippen LogP contribution in [0.4, 0.5) is 18.9 Å². The molecule has 228 valence electrons. The Kier molecular flexibility index (Phi) is 10.9. The number of nitrogens with one attached hydrogen (secondary N) is 3. The summed E-state index contributed by atoms with van der Waals surface area (Å²) in [6.07, 6.45) is 0.196. The van der Waals surface area contributed by atoms with Crippen molar-refractivity contribution in [3.05, 3.63) is 59.4 Å². The number of methoxy groups -OCH3 is 1. The van der Waals surface area contributed by atoms with Crippen molar-refractivity contribution in [3.63, 3.8) is 0 Å². The third kappa shape index (κ3) is 8.21. The summed E-state index contributed by atoms with van der Waals surface area (Å²) in [4.78, 5) is 53.9. The number of alkyl halides is 2. The third-order valence-electron chi connectivity index (χ3n) is 6.98. The number of hydrogen-bond donors (Lipinski definition) is 3. The van der Waals surface area contributed by atoms with E-state index in [1.165, 1.54) is 38.3 Å². The van der Waals surface area contributed by atoms with Crippen LogP contribution in [0, 0.1) is 5.82 Å². The predicted molar refractivity (Wildman–Crippen MR) is 150 cm³/mol. The van der Waals surface area contributed by atoms with Crippen LogP contribution < -0.4 is 20.7 Å². The topological polar surface area (TPSA) is 120 Å². The average Bonchev–Trinajstić information content (AvgIpc) is 2.97. The number of halogens is 3. The highest BCUT2D eigenvalue weighted by Gasteiger charge is 2.42. The van der Waals surface area contributed by atoms with E-state index >= 15 is 0 Å². The molecule has 1 saturated heterocycles. The van der Waals surface area contributed by atoms with Gasteiger partial charge in [-0.2, -0.15) is 8.78 Å². The summed E-state index contributed by atoms with van der Waals surface area (Å²) >= 11 is 0. The number of ether oxygens (including phenoxy) is 1. The Morgan fingerprint density at radius 2 is 1.64 bits per heavy atom. The monoisotopic (exact) mass is 591 g/mol. The number of carbonyl (C=O) groups excluding carboxylic acids is 4. The molecule has 10 nitrogen and oxygen atoms in total. The van der Waals surface area contributed by atoms with Crippen molar-refractivity contribution >= 4 is 29.3 Å². The summed E-state index contributed by atoms with van der Waals surface area (Å²) in [5.74, 6) is -7.64. The van der Waals surface area contributed by atoms with Gasteiger partial charge in [0.15, 0.2) is 0 Å². The summed E-state index contributed by atoms with van der Waals surface area (Å²) in [6, 6.07) is 6.19. The number of amides is 4. The van der Waals surface area contributed by atoms with E-state index in [0.29, 0.717) is 37.5 Å². The Hall–Kier alpha value is -4.13. The summed E-state index contributed by atoms with van der Waals surface area (Å²) in [6.45, 7) is 5.26. The van der Waals surface area contributed by atoms with E-state index < -0.39 is 41.2 Å². The minimum atomic E-state index is -3.93. The maximum atomic E-state index is 15.0. The van der Waals surface area contributed by atoms with Crippen LogP contribution in [0.15, 0.2) is 42.5 Å². The van der Waals surface area contributed by atoms with Gasteiger partial charge in [-0.3, -0.25) is 19.2 Å². The molecular weight excluding hydrogens is 555 g/mol. The molecule has 4 amide bonds. The number of anilines is 1. The molecule has 42 heavy (non-hydrogen) atoms. The largest absolute Gasteiger partial charge is 0.497 e. The van der Waals surface area contributed by atoms with Crippen molar-refractivity contribution in [3.8, 4) is 5.75 Å². The van der Waals surface area contributed by atoms with Gasteiger partial charge in [-0.1, -0.05) is 13.0 Å². The molecule has 1 heterocycles. The summed E-state index contributed by atoms with van der Waals surface area (Å²) in [7, 11) is 3.32. The molecular formula is C29H36F3N5O5. The molecule has 0 unspecified atom stereocenters. The van der Waals surface area contributed by atoms with Crippen LogP contribution in [-0.2, 0) is 31.5 Å². The first-order valence-electron chi connectivity index (χ1n) is 13.5. The van der Waals surface area contributed by atoms with E-state index in [9.17, 15) is 32.3 Å². The second kappa shape index (κ2) is 14.2. The minimum absolute atomic E-state index is 0.0228. The molecule has 0 aliphatic carbocycles. The number of rotatable bonds is 11. The Bertz CT molecular complexity index is 1280. The van der Waals surface area contributed by atoms with Crippen LogP contribution in [0.2, 0.25) is 0 Å².